The van der Waals surface area contributed by atoms with Crippen LogP contribution in [0.4, 0.5) is 5.13 Å². The van der Waals surface area contributed by atoms with E-state index in [9.17, 15) is 4.79 Å². The van der Waals surface area contributed by atoms with E-state index in [-0.39, 0.29) is 18.3 Å². The van der Waals surface area contributed by atoms with E-state index >= 15 is 0 Å². The van der Waals surface area contributed by atoms with E-state index in [0.29, 0.717) is 17.4 Å². The monoisotopic (exact) mass is 416 g/mol. The van der Waals surface area contributed by atoms with Crippen molar-refractivity contribution in [3.63, 3.8) is 0 Å². The van der Waals surface area contributed by atoms with E-state index in [1.807, 2.05) is 16.8 Å². The first-order valence-corrected chi connectivity index (χ1v) is 9.77. The smallest absolute Gasteiger partial charge is 0.295 e. The van der Waals surface area contributed by atoms with Crippen molar-refractivity contribution in [2.75, 3.05) is 11.4 Å². The number of amides is 1. The Bertz CT molecular complexity index is 1030. The van der Waals surface area contributed by atoms with Crippen molar-refractivity contribution in [2.45, 2.75) is 26.3 Å². The molecule has 1 aromatic carbocycles. The molecule has 4 rings (SSSR count). The first-order valence-electron chi connectivity index (χ1n) is 8.96. The molecule has 0 unspecified atom stereocenters. The summed E-state index contributed by atoms with van der Waals surface area (Å²) in [5.74, 6) is 0.162. The van der Waals surface area contributed by atoms with Gasteiger partial charge in [0.2, 0.25) is 0 Å². The summed E-state index contributed by atoms with van der Waals surface area (Å²) in [6.45, 7) is 3.46. The molecule has 3 aromatic heterocycles. The molecule has 0 atom stereocenters. The van der Waals surface area contributed by atoms with Crippen molar-refractivity contribution in [1.82, 2.24) is 14.5 Å². The summed E-state index contributed by atoms with van der Waals surface area (Å²) < 4.78 is 8.44. The van der Waals surface area contributed by atoms with Gasteiger partial charge in [-0.2, -0.15) is 0 Å². The third-order valence-corrected chi connectivity index (χ3v) is 5.48. The van der Waals surface area contributed by atoms with Crippen LogP contribution in [-0.2, 0) is 13.0 Å². The Kier molecular flexibility index (Phi) is 6.49. The maximum absolute atomic E-state index is 13.0. The Balaban J connectivity index is 0.00000225. The number of anilines is 1. The Morgan fingerprint density at radius 2 is 2.18 bits per heavy atom. The highest BCUT2D eigenvalue weighted by molar-refractivity contribution is 7.22. The van der Waals surface area contributed by atoms with Crippen LogP contribution in [0, 0.1) is 0 Å². The topological polar surface area (TPSA) is 64.2 Å². The van der Waals surface area contributed by atoms with Gasteiger partial charge in [-0.25, -0.2) is 9.97 Å². The molecule has 0 aliphatic heterocycles. The number of fused-ring (bicyclic) bond motifs is 1. The van der Waals surface area contributed by atoms with Crippen LogP contribution in [0.3, 0.4) is 0 Å². The fraction of sp³-hybridized carbons (Fsp3) is 0.250. The fourth-order valence-corrected chi connectivity index (χ4v) is 4.08. The molecule has 0 spiro atoms. The fourth-order valence-electron chi connectivity index (χ4n) is 3.04. The molecule has 1 amide bonds. The van der Waals surface area contributed by atoms with Crippen molar-refractivity contribution < 1.29 is 9.21 Å². The average molecular weight is 417 g/mol. The van der Waals surface area contributed by atoms with Gasteiger partial charge in [0.05, 0.1) is 22.8 Å². The van der Waals surface area contributed by atoms with Gasteiger partial charge >= 0.3 is 0 Å². The molecule has 0 fully saturated rings. The number of hydrogen-bond donors (Lipinski definition) is 0. The van der Waals surface area contributed by atoms with Gasteiger partial charge in [0.1, 0.15) is 0 Å². The molecule has 4 aromatic rings. The number of hydrogen-bond acceptors (Lipinski definition) is 5. The molecular weight excluding hydrogens is 396 g/mol. The molecular formula is C20H21ClN4O2S. The second kappa shape index (κ2) is 9.03. The normalized spacial score (nSPS) is 10.8. The minimum atomic E-state index is -0.164. The number of carbonyl (C=O) groups excluding carboxylic acids is 1. The second-order valence-corrected chi connectivity index (χ2v) is 7.21. The summed E-state index contributed by atoms with van der Waals surface area (Å²) in [4.78, 5) is 23.6. The van der Waals surface area contributed by atoms with E-state index in [0.717, 1.165) is 29.6 Å². The van der Waals surface area contributed by atoms with Crippen LogP contribution in [0.15, 0.2) is 59.7 Å². The third-order valence-electron chi connectivity index (χ3n) is 4.44. The zero-order chi connectivity index (χ0) is 18.6. The van der Waals surface area contributed by atoms with Gasteiger partial charge in [-0.3, -0.25) is 9.69 Å². The molecule has 8 heteroatoms. The number of benzene rings is 1. The molecule has 0 radical (unpaired) electrons. The molecule has 28 heavy (non-hydrogen) atoms. The number of imidazole rings is 1. The predicted octanol–water partition coefficient (Wildman–Crippen LogP) is 4.81. The lowest BCUT2D eigenvalue weighted by Gasteiger charge is -2.18. The van der Waals surface area contributed by atoms with Gasteiger partial charge in [-0.15, -0.1) is 12.4 Å². The van der Waals surface area contributed by atoms with E-state index in [4.69, 9.17) is 9.40 Å². The largest absolute Gasteiger partial charge is 0.459 e. The molecule has 0 aliphatic carbocycles. The summed E-state index contributed by atoms with van der Waals surface area (Å²) in [6.07, 6.45) is 8.68. The van der Waals surface area contributed by atoms with Crippen molar-refractivity contribution in [2.24, 2.45) is 0 Å². The summed E-state index contributed by atoms with van der Waals surface area (Å²) in [5.41, 5.74) is 2.17. The third kappa shape index (κ3) is 4.10. The molecule has 146 valence electrons. The highest BCUT2D eigenvalue weighted by atomic mass is 35.5. The number of aromatic nitrogens is 3. The average Bonchev–Trinajstić information content (AvgIpc) is 3.45. The van der Waals surface area contributed by atoms with E-state index in [1.165, 1.54) is 11.8 Å². The van der Waals surface area contributed by atoms with E-state index in [1.54, 1.807) is 40.9 Å². The Hall–Kier alpha value is -2.64. The number of para-hydroxylation sites is 1. The summed E-state index contributed by atoms with van der Waals surface area (Å²) in [5, 5.41) is 0.706. The highest BCUT2D eigenvalue weighted by Crippen LogP contribution is 2.32. The van der Waals surface area contributed by atoms with Gasteiger partial charge in [0, 0.05) is 25.5 Å². The lowest BCUT2D eigenvalue weighted by Crippen LogP contribution is -2.32. The quantitative estimate of drug-likeness (QED) is 0.433. The van der Waals surface area contributed by atoms with Crippen molar-refractivity contribution in [3.8, 4) is 0 Å². The van der Waals surface area contributed by atoms with Crippen LogP contribution in [0.25, 0.3) is 10.2 Å². The zero-order valence-electron chi connectivity index (χ0n) is 15.4. The summed E-state index contributed by atoms with van der Waals surface area (Å²) in [7, 11) is 0. The Morgan fingerprint density at radius 3 is 2.89 bits per heavy atom. The number of furan rings is 1. The molecule has 0 aliphatic rings. The minimum absolute atomic E-state index is 0. The van der Waals surface area contributed by atoms with E-state index < -0.39 is 0 Å². The second-order valence-electron chi connectivity index (χ2n) is 6.20. The van der Waals surface area contributed by atoms with Crippen LogP contribution in [0.2, 0.25) is 0 Å². The summed E-state index contributed by atoms with van der Waals surface area (Å²) in [6, 6.07) is 9.60. The van der Waals surface area contributed by atoms with Crippen LogP contribution >= 0.6 is 23.7 Å². The number of nitrogens with zero attached hydrogens (tertiary/aromatic N) is 4. The van der Waals surface area contributed by atoms with Crippen molar-refractivity contribution >= 4 is 45.0 Å². The maximum Gasteiger partial charge on any atom is 0.295 e. The number of rotatable bonds is 7. The Morgan fingerprint density at radius 1 is 1.29 bits per heavy atom. The zero-order valence-corrected chi connectivity index (χ0v) is 17.1. The van der Waals surface area contributed by atoms with Crippen LogP contribution in [-0.4, -0.2) is 27.0 Å². The van der Waals surface area contributed by atoms with Gasteiger partial charge in [0.15, 0.2) is 10.9 Å². The molecule has 0 bridgehead atoms. The van der Waals surface area contributed by atoms with Crippen LogP contribution < -0.4 is 4.90 Å². The predicted molar refractivity (Wildman–Crippen MR) is 113 cm³/mol. The number of halogens is 1. The molecule has 6 nitrogen and oxygen atoms in total. The van der Waals surface area contributed by atoms with Gasteiger partial charge in [0.25, 0.3) is 5.91 Å². The first-order chi connectivity index (χ1) is 13.3. The van der Waals surface area contributed by atoms with Crippen LogP contribution in [0.1, 0.15) is 29.5 Å². The maximum atomic E-state index is 13.0. The van der Waals surface area contributed by atoms with Gasteiger partial charge in [-0.05, 0) is 36.6 Å². The standard InChI is InChI=1S/C20H20N4O2S.ClH/c1-2-15-6-3-8-17-18(15)22-20(27-17)24(19(25)16-7-4-13-26-16)11-5-10-23-12-9-21-14-23;/h3-4,6-9,12-14H,2,5,10-11H2,1H3;1H. The minimum Gasteiger partial charge on any atom is -0.459 e. The number of carbonyl (C=O) groups is 1. The SMILES string of the molecule is CCc1cccc2sc(N(CCCn3ccnc3)C(=O)c3ccco3)nc12.Cl. The van der Waals surface area contributed by atoms with Gasteiger partial charge < -0.3 is 8.98 Å². The van der Waals surface area contributed by atoms with Crippen molar-refractivity contribution in [1.29, 1.82) is 0 Å². The number of thiazole rings is 1. The molecule has 0 saturated heterocycles. The number of aryl methyl sites for hydroxylation is 2. The lowest BCUT2D eigenvalue weighted by molar-refractivity contribution is 0.0959. The highest BCUT2D eigenvalue weighted by Gasteiger charge is 2.23. The van der Waals surface area contributed by atoms with Crippen LogP contribution in [0.5, 0.6) is 0 Å². The molecule has 3 heterocycles. The summed E-state index contributed by atoms with van der Waals surface area (Å²) >= 11 is 1.54. The first kappa shape index (κ1) is 20.1. The molecule has 0 N–H and O–H groups in total. The van der Waals surface area contributed by atoms with Gasteiger partial charge in [-0.1, -0.05) is 30.4 Å². The van der Waals surface area contributed by atoms with Crippen molar-refractivity contribution in [3.05, 3.63) is 66.6 Å². The Labute approximate surface area is 173 Å². The van der Waals surface area contributed by atoms with E-state index in [2.05, 4.69) is 24.0 Å². The lowest BCUT2D eigenvalue weighted by atomic mass is 10.1. The molecule has 0 saturated carbocycles.